The molecule has 2 aromatic rings. The number of piperidine rings is 1. The maximum absolute atomic E-state index is 13.0. The van der Waals surface area contributed by atoms with Gasteiger partial charge in [-0.1, -0.05) is 13.8 Å². The molecule has 0 saturated carbocycles. The van der Waals surface area contributed by atoms with Gasteiger partial charge in [-0.3, -0.25) is 15.0 Å². The van der Waals surface area contributed by atoms with Crippen LogP contribution in [-0.4, -0.2) is 48.7 Å². The van der Waals surface area contributed by atoms with Crippen LogP contribution in [0.3, 0.4) is 0 Å². The van der Waals surface area contributed by atoms with Crippen molar-refractivity contribution in [1.29, 1.82) is 0 Å². The molecule has 2 atom stereocenters. The van der Waals surface area contributed by atoms with Gasteiger partial charge in [0.15, 0.2) is 16.6 Å². The van der Waals surface area contributed by atoms with E-state index in [2.05, 4.69) is 29.0 Å². The third kappa shape index (κ3) is 6.36. The Kier molecular flexibility index (Phi) is 8.75. The summed E-state index contributed by atoms with van der Waals surface area (Å²) in [6, 6.07) is 3.38. The summed E-state index contributed by atoms with van der Waals surface area (Å²) in [6.07, 6.45) is 1.28. The summed E-state index contributed by atoms with van der Waals surface area (Å²) in [5, 5.41) is 5.54. The number of carbonyl (C=O) groups excluding carboxylic acids is 1. The quantitative estimate of drug-likeness (QED) is 0.533. The number of rotatable bonds is 10. The topological polar surface area (TPSA) is 72.9 Å². The van der Waals surface area contributed by atoms with Crippen molar-refractivity contribution >= 4 is 22.4 Å². The Morgan fingerprint density at radius 1 is 1.06 bits per heavy atom. The fourth-order valence-corrected chi connectivity index (χ4v) is 4.97. The highest BCUT2D eigenvalue weighted by atomic mass is 32.1. The van der Waals surface area contributed by atoms with Crippen LogP contribution in [0, 0.1) is 11.8 Å². The molecule has 0 aliphatic carbocycles. The van der Waals surface area contributed by atoms with Crippen LogP contribution in [0.5, 0.6) is 17.2 Å². The van der Waals surface area contributed by atoms with Crippen LogP contribution in [0.15, 0.2) is 17.5 Å². The van der Waals surface area contributed by atoms with E-state index in [0.29, 0.717) is 59.6 Å². The fraction of sp³-hybridized carbons (Fsp3) is 0.583. The zero-order chi connectivity index (χ0) is 23.1. The number of likely N-dealkylation sites (tertiary alicyclic amines) is 1. The van der Waals surface area contributed by atoms with E-state index in [1.807, 2.05) is 26.2 Å². The van der Waals surface area contributed by atoms with E-state index in [4.69, 9.17) is 14.2 Å². The number of thiazole rings is 1. The molecular formula is C24H35N3O4S. The number of hydrogen-bond donors (Lipinski definition) is 1. The second kappa shape index (κ2) is 11.5. The first-order chi connectivity index (χ1) is 15.4. The number of carbonyl (C=O) groups is 1. The first-order valence-electron chi connectivity index (χ1n) is 11.5. The molecule has 8 heteroatoms. The van der Waals surface area contributed by atoms with Crippen molar-refractivity contribution in [3.05, 3.63) is 28.8 Å². The van der Waals surface area contributed by atoms with Gasteiger partial charge in [-0.2, -0.15) is 0 Å². The Morgan fingerprint density at radius 3 is 2.22 bits per heavy atom. The molecule has 3 rings (SSSR count). The Bertz CT molecular complexity index is 864. The van der Waals surface area contributed by atoms with Gasteiger partial charge in [-0.05, 0) is 51.2 Å². The zero-order valence-corrected chi connectivity index (χ0v) is 20.6. The summed E-state index contributed by atoms with van der Waals surface area (Å²) in [4.78, 5) is 20.1. The number of ether oxygens (including phenoxy) is 3. The van der Waals surface area contributed by atoms with E-state index in [1.165, 1.54) is 17.8 Å². The van der Waals surface area contributed by atoms with Gasteiger partial charge in [0, 0.05) is 30.6 Å². The number of hydrogen-bond acceptors (Lipinski definition) is 7. The third-order valence-electron chi connectivity index (χ3n) is 5.27. The normalized spacial score (nSPS) is 18.9. The number of anilines is 1. The predicted molar refractivity (Wildman–Crippen MR) is 128 cm³/mol. The minimum absolute atomic E-state index is 0.254. The lowest BCUT2D eigenvalue weighted by Crippen LogP contribution is -2.38. The number of benzene rings is 1. The first-order valence-corrected chi connectivity index (χ1v) is 12.4. The summed E-state index contributed by atoms with van der Waals surface area (Å²) in [5.41, 5.74) is 1.43. The molecule has 1 saturated heterocycles. The number of nitrogens with one attached hydrogen (secondary N) is 1. The van der Waals surface area contributed by atoms with Gasteiger partial charge in [0.2, 0.25) is 5.75 Å². The molecule has 1 N–H and O–H groups in total. The second-order valence-corrected chi connectivity index (χ2v) is 9.20. The Hall–Kier alpha value is -2.32. The Balaban J connectivity index is 1.72. The Labute approximate surface area is 195 Å². The minimum Gasteiger partial charge on any atom is -0.490 e. The van der Waals surface area contributed by atoms with Crippen molar-refractivity contribution in [3.63, 3.8) is 0 Å². The van der Waals surface area contributed by atoms with Crippen LogP contribution in [-0.2, 0) is 6.54 Å². The average molecular weight is 462 g/mol. The molecule has 1 aliphatic rings. The number of amides is 1. The molecular weight excluding hydrogens is 426 g/mol. The largest absolute Gasteiger partial charge is 0.490 e. The molecule has 2 heterocycles. The third-order valence-corrected chi connectivity index (χ3v) is 6.08. The fourth-order valence-electron chi connectivity index (χ4n) is 4.28. The van der Waals surface area contributed by atoms with Crippen molar-refractivity contribution in [2.24, 2.45) is 11.8 Å². The maximum atomic E-state index is 13.0. The van der Waals surface area contributed by atoms with E-state index in [9.17, 15) is 4.79 Å². The lowest BCUT2D eigenvalue weighted by Gasteiger charge is -2.34. The highest BCUT2D eigenvalue weighted by molar-refractivity contribution is 7.14. The van der Waals surface area contributed by atoms with Crippen LogP contribution in [0.2, 0.25) is 0 Å². The Morgan fingerprint density at radius 2 is 1.66 bits per heavy atom. The predicted octanol–water partition coefficient (Wildman–Crippen LogP) is 5.07. The van der Waals surface area contributed by atoms with Crippen LogP contribution < -0.4 is 19.5 Å². The van der Waals surface area contributed by atoms with Gasteiger partial charge in [0.25, 0.3) is 5.91 Å². The van der Waals surface area contributed by atoms with Crippen molar-refractivity contribution in [1.82, 2.24) is 9.88 Å². The minimum atomic E-state index is -0.254. The molecule has 0 spiro atoms. The standard InChI is InChI=1S/C24H35N3O4S/c1-6-29-20-10-18(11-21(30-7-2)22(20)31-8-3)23(28)26-24-25-19(15-32-24)14-27-12-16(4)9-17(5)13-27/h10-11,15-17H,6-9,12-14H2,1-5H3,(H,25,26,28). The monoisotopic (exact) mass is 461 g/mol. The molecule has 7 nitrogen and oxygen atoms in total. The summed E-state index contributed by atoms with van der Waals surface area (Å²) < 4.78 is 17.2. The summed E-state index contributed by atoms with van der Waals surface area (Å²) in [7, 11) is 0. The molecule has 1 aromatic heterocycles. The first kappa shape index (κ1) is 24.3. The van der Waals surface area contributed by atoms with E-state index in [0.717, 1.165) is 25.3 Å². The van der Waals surface area contributed by atoms with Gasteiger partial charge in [-0.25, -0.2) is 4.98 Å². The van der Waals surface area contributed by atoms with Gasteiger partial charge in [0.1, 0.15) is 0 Å². The number of nitrogens with zero attached hydrogens (tertiary/aromatic N) is 2. The van der Waals surface area contributed by atoms with Crippen molar-refractivity contribution in [3.8, 4) is 17.2 Å². The molecule has 1 fully saturated rings. The summed E-state index contributed by atoms with van der Waals surface area (Å²) in [5.74, 6) is 2.67. The highest BCUT2D eigenvalue weighted by Gasteiger charge is 2.23. The smallest absolute Gasteiger partial charge is 0.257 e. The van der Waals surface area contributed by atoms with Gasteiger partial charge >= 0.3 is 0 Å². The molecule has 176 valence electrons. The van der Waals surface area contributed by atoms with Crippen molar-refractivity contribution in [2.45, 2.75) is 47.6 Å². The molecule has 32 heavy (non-hydrogen) atoms. The van der Waals surface area contributed by atoms with Crippen LogP contribution in [0.4, 0.5) is 5.13 Å². The lowest BCUT2D eigenvalue weighted by molar-refractivity contribution is 0.102. The van der Waals surface area contributed by atoms with Crippen LogP contribution in [0.25, 0.3) is 0 Å². The van der Waals surface area contributed by atoms with Gasteiger partial charge in [-0.15, -0.1) is 11.3 Å². The summed E-state index contributed by atoms with van der Waals surface area (Å²) >= 11 is 1.45. The maximum Gasteiger partial charge on any atom is 0.257 e. The highest BCUT2D eigenvalue weighted by Crippen LogP contribution is 2.39. The molecule has 1 aromatic carbocycles. The van der Waals surface area contributed by atoms with Crippen molar-refractivity contribution < 1.29 is 19.0 Å². The van der Waals surface area contributed by atoms with Gasteiger partial charge in [0.05, 0.1) is 25.5 Å². The molecule has 2 unspecified atom stereocenters. The van der Waals surface area contributed by atoms with Crippen molar-refractivity contribution in [2.75, 3.05) is 38.2 Å². The van der Waals surface area contributed by atoms with Crippen LogP contribution >= 0.6 is 11.3 Å². The average Bonchev–Trinajstić information content (AvgIpc) is 3.16. The van der Waals surface area contributed by atoms with Gasteiger partial charge < -0.3 is 14.2 Å². The summed E-state index contributed by atoms with van der Waals surface area (Å²) in [6.45, 7) is 14.7. The van der Waals surface area contributed by atoms with Crippen LogP contribution in [0.1, 0.15) is 57.1 Å². The SMILES string of the molecule is CCOc1cc(C(=O)Nc2nc(CN3CC(C)CC(C)C3)cs2)cc(OCC)c1OCC. The zero-order valence-electron chi connectivity index (χ0n) is 19.8. The molecule has 1 amide bonds. The van der Waals surface area contributed by atoms with E-state index < -0.39 is 0 Å². The number of aromatic nitrogens is 1. The van der Waals surface area contributed by atoms with E-state index in [1.54, 1.807) is 12.1 Å². The second-order valence-electron chi connectivity index (χ2n) is 8.34. The lowest BCUT2D eigenvalue weighted by atomic mass is 9.92. The molecule has 1 aliphatic heterocycles. The molecule has 0 bridgehead atoms. The molecule has 0 radical (unpaired) electrons. The van der Waals surface area contributed by atoms with E-state index in [-0.39, 0.29) is 5.91 Å². The van der Waals surface area contributed by atoms with E-state index >= 15 is 0 Å².